The van der Waals surface area contributed by atoms with E-state index in [1.165, 1.54) is 24.4 Å². The fourth-order valence-corrected chi connectivity index (χ4v) is 4.67. The Balaban J connectivity index is 1.49. The van der Waals surface area contributed by atoms with Crippen molar-refractivity contribution in [1.82, 2.24) is 19.4 Å². The van der Waals surface area contributed by atoms with Crippen molar-refractivity contribution in [3.05, 3.63) is 114 Å². The van der Waals surface area contributed by atoms with Crippen molar-refractivity contribution in [2.75, 3.05) is 13.7 Å². The molecule has 9 nitrogen and oxygen atoms in total. The molecule has 1 fully saturated rings. The summed E-state index contributed by atoms with van der Waals surface area (Å²) in [5.74, 6) is -0.668. The number of carbonyl (C=O) groups excluding carboxylic acids is 2. The molecule has 39 heavy (non-hydrogen) atoms. The molecule has 1 atom stereocenters. The van der Waals surface area contributed by atoms with Gasteiger partial charge in [-0.05, 0) is 41.8 Å². The molecular weight excluding hydrogens is 496 g/mol. The number of carbonyl (C=O) groups is 2. The van der Waals surface area contributed by atoms with Crippen LogP contribution in [0.25, 0.3) is 5.76 Å². The number of hydrogen-bond acceptors (Lipinski definition) is 7. The average Bonchev–Trinajstić information content (AvgIpc) is 3.59. The van der Waals surface area contributed by atoms with Gasteiger partial charge in [-0.2, -0.15) is 0 Å². The summed E-state index contributed by atoms with van der Waals surface area (Å²) in [6, 6.07) is 17.5. The van der Waals surface area contributed by atoms with E-state index in [0.29, 0.717) is 48.7 Å². The third-order valence-corrected chi connectivity index (χ3v) is 6.61. The number of aliphatic hydroxyl groups is 1. The molecule has 0 bridgehead atoms. The van der Waals surface area contributed by atoms with E-state index in [0.717, 1.165) is 5.56 Å². The van der Waals surface area contributed by atoms with Gasteiger partial charge in [0, 0.05) is 43.4 Å². The molecule has 198 valence electrons. The van der Waals surface area contributed by atoms with Crippen LogP contribution in [-0.2, 0) is 22.7 Å². The minimum atomic E-state index is -0.807. The molecule has 0 saturated carbocycles. The minimum absolute atomic E-state index is 0.0221. The fourth-order valence-electron chi connectivity index (χ4n) is 4.67. The highest BCUT2D eigenvalue weighted by molar-refractivity contribution is 6.46. The van der Waals surface area contributed by atoms with Crippen LogP contribution in [0.1, 0.15) is 29.2 Å². The van der Waals surface area contributed by atoms with Crippen LogP contribution in [0.15, 0.2) is 97.4 Å². The summed E-state index contributed by atoms with van der Waals surface area (Å²) in [6.07, 6.45) is 8.86. The summed E-state index contributed by atoms with van der Waals surface area (Å²) >= 11 is 0. The molecule has 5 rings (SSSR count). The first-order chi connectivity index (χ1) is 19.1. The van der Waals surface area contributed by atoms with Crippen molar-refractivity contribution >= 4 is 17.4 Å². The number of ether oxygens (including phenoxy) is 2. The van der Waals surface area contributed by atoms with Crippen LogP contribution in [0.5, 0.6) is 11.5 Å². The van der Waals surface area contributed by atoms with Gasteiger partial charge in [0.1, 0.15) is 12.4 Å². The second kappa shape index (κ2) is 11.6. The van der Waals surface area contributed by atoms with E-state index in [1.54, 1.807) is 42.9 Å². The van der Waals surface area contributed by atoms with Gasteiger partial charge in [-0.1, -0.05) is 36.4 Å². The number of nitrogens with zero attached hydrogens (tertiary/aromatic N) is 4. The van der Waals surface area contributed by atoms with Gasteiger partial charge in [-0.15, -0.1) is 0 Å². The topological polar surface area (TPSA) is 107 Å². The van der Waals surface area contributed by atoms with E-state index < -0.39 is 17.7 Å². The first kappa shape index (κ1) is 25.7. The van der Waals surface area contributed by atoms with E-state index >= 15 is 0 Å². The first-order valence-electron chi connectivity index (χ1n) is 12.6. The fraction of sp³-hybridized carbons (Fsp3) is 0.200. The number of hydrogen-bond donors (Lipinski definition) is 1. The Hall–Kier alpha value is -4.92. The molecule has 2 aromatic carbocycles. The highest BCUT2D eigenvalue weighted by atomic mass is 16.5. The maximum Gasteiger partial charge on any atom is 0.295 e. The smallest absolute Gasteiger partial charge is 0.295 e. The lowest BCUT2D eigenvalue weighted by Crippen LogP contribution is -2.31. The number of pyridine rings is 1. The van der Waals surface area contributed by atoms with Gasteiger partial charge in [-0.25, -0.2) is 4.98 Å². The second-order valence-electron chi connectivity index (χ2n) is 9.07. The Labute approximate surface area is 226 Å². The monoisotopic (exact) mass is 524 g/mol. The van der Waals surface area contributed by atoms with Crippen molar-refractivity contribution in [2.24, 2.45) is 0 Å². The summed E-state index contributed by atoms with van der Waals surface area (Å²) in [5, 5.41) is 11.2. The SMILES string of the molecule is COc1cc(C2/C(=C(\O)c3ccncc3)C(=O)C(=O)N2CCCn2ccnc2)ccc1OCc1ccccc1. The van der Waals surface area contributed by atoms with Gasteiger partial charge in [-0.3, -0.25) is 14.6 Å². The summed E-state index contributed by atoms with van der Waals surface area (Å²) in [7, 11) is 1.54. The second-order valence-corrected chi connectivity index (χ2v) is 9.07. The van der Waals surface area contributed by atoms with Crippen LogP contribution in [0.4, 0.5) is 0 Å². The summed E-state index contributed by atoms with van der Waals surface area (Å²) < 4.78 is 13.5. The van der Waals surface area contributed by atoms with E-state index in [2.05, 4.69) is 9.97 Å². The Bertz CT molecular complexity index is 1470. The number of likely N-dealkylation sites (tertiary alicyclic amines) is 1. The van der Waals surface area contributed by atoms with Crippen LogP contribution < -0.4 is 9.47 Å². The van der Waals surface area contributed by atoms with Crippen LogP contribution in [0, 0.1) is 0 Å². The first-order valence-corrected chi connectivity index (χ1v) is 12.6. The highest BCUT2D eigenvalue weighted by Crippen LogP contribution is 2.42. The number of aryl methyl sites for hydroxylation is 1. The Kier molecular flexibility index (Phi) is 7.68. The van der Waals surface area contributed by atoms with Crippen molar-refractivity contribution in [1.29, 1.82) is 0 Å². The number of ketones is 1. The number of aliphatic hydroxyl groups excluding tert-OH is 1. The van der Waals surface area contributed by atoms with Gasteiger partial charge in [0.05, 0.1) is 25.1 Å². The molecule has 2 aromatic heterocycles. The zero-order valence-corrected chi connectivity index (χ0v) is 21.4. The number of methoxy groups -OCH3 is 1. The molecule has 4 aromatic rings. The third-order valence-electron chi connectivity index (χ3n) is 6.61. The molecule has 9 heteroatoms. The number of benzene rings is 2. The normalized spacial score (nSPS) is 16.4. The van der Waals surface area contributed by atoms with Crippen molar-refractivity contribution in [3.8, 4) is 11.5 Å². The number of aromatic nitrogens is 3. The third kappa shape index (κ3) is 5.52. The van der Waals surface area contributed by atoms with Gasteiger partial charge in [0.25, 0.3) is 11.7 Å². The quantitative estimate of drug-likeness (QED) is 0.186. The molecular formula is C30H28N4O5. The molecule has 1 saturated heterocycles. The van der Waals surface area contributed by atoms with E-state index in [-0.39, 0.29) is 11.3 Å². The summed E-state index contributed by atoms with van der Waals surface area (Å²) in [4.78, 5) is 36.1. The van der Waals surface area contributed by atoms with Gasteiger partial charge in [0.15, 0.2) is 11.5 Å². The molecule has 3 heterocycles. The molecule has 1 unspecified atom stereocenters. The van der Waals surface area contributed by atoms with Crippen molar-refractivity contribution in [2.45, 2.75) is 25.6 Å². The zero-order chi connectivity index (χ0) is 27.2. The van der Waals surface area contributed by atoms with Crippen LogP contribution in [-0.4, -0.2) is 49.9 Å². The van der Waals surface area contributed by atoms with Crippen LogP contribution in [0.3, 0.4) is 0 Å². The zero-order valence-electron chi connectivity index (χ0n) is 21.4. The minimum Gasteiger partial charge on any atom is -0.507 e. The van der Waals surface area contributed by atoms with Crippen molar-refractivity contribution < 1.29 is 24.2 Å². The number of Topliss-reactive ketones (excluding diaryl/α,β-unsaturated/α-hetero) is 1. The largest absolute Gasteiger partial charge is 0.507 e. The molecule has 1 amide bonds. The lowest BCUT2D eigenvalue weighted by atomic mass is 9.95. The van der Waals surface area contributed by atoms with Gasteiger partial charge in [0.2, 0.25) is 0 Å². The molecule has 1 N–H and O–H groups in total. The average molecular weight is 525 g/mol. The van der Waals surface area contributed by atoms with Gasteiger partial charge < -0.3 is 24.0 Å². The lowest BCUT2D eigenvalue weighted by molar-refractivity contribution is -0.139. The Morgan fingerprint density at radius 1 is 0.949 bits per heavy atom. The molecule has 0 aliphatic carbocycles. The maximum atomic E-state index is 13.3. The van der Waals surface area contributed by atoms with Crippen molar-refractivity contribution in [3.63, 3.8) is 0 Å². The number of amides is 1. The number of rotatable bonds is 10. The van der Waals surface area contributed by atoms with E-state index in [4.69, 9.17) is 9.47 Å². The van der Waals surface area contributed by atoms with E-state index in [1.807, 2.05) is 41.1 Å². The predicted octanol–water partition coefficient (Wildman–Crippen LogP) is 4.38. The molecule has 0 spiro atoms. The Morgan fingerprint density at radius 2 is 1.74 bits per heavy atom. The maximum absolute atomic E-state index is 13.3. The summed E-state index contributed by atoms with van der Waals surface area (Å²) in [5.41, 5.74) is 2.05. The van der Waals surface area contributed by atoms with Crippen LogP contribution >= 0.6 is 0 Å². The highest BCUT2D eigenvalue weighted by Gasteiger charge is 2.46. The lowest BCUT2D eigenvalue weighted by Gasteiger charge is -2.26. The Morgan fingerprint density at radius 3 is 2.46 bits per heavy atom. The predicted molar refractivity (Wildman–Crippen MR) is 144 cm³/mol. The molecule has 1 aliphatic rings. The van der Waals surface area contributed by atoms with Gasteiger partial charge >= 0.3 is 0 Å². The number of imidazole rings is 1. The van der Waals surface area contributed by atoms with Crippen LogP contribution in [0.2, 0.25) is 0 Å². The standard InChI is InChI=1S/C30H28N4O5/c1-38-25-18-23(8-9-24(25)39-19-21-6-3-2-4-7-21)27-26(28(35)22-10-12-31-13-11-22)29(36)30(37)34(27)16-5-15-33-17-14-32-20-33/h2-4,6-14,17-18,20,27,35H,5,15-16,19H2,1H3/b28-26+. The molecule has 0 radical (unpaired) electrons. The summed E-state index contributed by atoms with van der Waals surface area (Å²) in [6.45, 7) is 1.27. The molecule has 1 aliphatic heterocycles. The van der Waals surface area contributed by atoms with E-state index in [9.17, 15) is 14.7 Å².